The molecule has 14 heavy (non-hydrogen) atoms. The van der Waals surface area contributed by atoms with Crippen LogP contribution in [0.4, 0.5) is 0 Å². The van der Waals surface area contributed by atoms with Crippen LogP contribution in [0, 0.1) is 0 Å². The Morgan fingerprint density at radius 2 is 2.29 bits per heavy atom. The fourth-order valence-corrected chi connectivity index (χ4v) is 1.47. The Hall–Kier alpha value is -1.22. The van der Waals surface area contributed by atoms with Crippen molar-refractivity contribution in [1.29, 1.82) is 0 Å². The van der Waals surface area contributed by atoms with Gasteiger partial charge >= 0.3 is 0 Å². The van der Waals surface area contributed by atoms with Gasteiger partial charge in [0.15, 0.2) is 0 Å². The molecule has 0 amide bonds. The zero-order chi connectivity index (χ0) is 10.4. The molecule has 0 aliphatic heterocycles. The van der Waals surface area contributed by atoms with Crippen molar-refractivity contribution < 1.29 is 4.79 Å². The van der Waals surface area contributed by atoms with E-state index in [2.05, 4.69) is 9.88 Å². The van der Waals surface area contributed by atoms with Crippen molar-refractivity contribution >= 4 is 6.29 Å². The summed E-state index contributed by atoms with van der Waals surface area (Å²) in [5.74, 6) is 0. The number of hydrogen-bond acceptors (Lipinski definition) is 3. The molecular formula is C11H16N2O. The fraction of sp³-hybridized carbons (Fsp3) is 0.455. The van der Waals surface area contributed by atoms with Crippen LogP contribution in [0.1, 0.15) is 24.6 Å². The molecule has 0 aliphatic rings. The molecule has 1 heterocycles. The highest BCUT2D eigenvalue weighted by Crippen LogP contribution is 2.20. The summed E-state index contributed by atoms with van der Waals surface area (Å²) in [6.07, 6.45) is 4.15. The Kier molecular flexibility index (Phi) is 4.26. The summed E-state index contributed by atoms with van der Waals surface area (Å²) in [5.41, 5.74) is 1.03. The lowest BCUT2D eigenvalue weighted by Gasteiger charge is -2.22. The molecule has 1 unspecified atom stereocenters. The number of aldehydes is 1. The number of rotatable bonds is 5. The summed E-state index contributed by atoms with van der Waals surface area (Å²) in [6.45, 7) is 0. The summed E-state index contributed by atoms with van der Waals surface area (Å²) >= 11 is 0. The van der Waals surface area contributed by atoms with Gasteiger partial charge < -0.3 is 9.69 Å². The van der Waals surface area contributed by atoms with E-state index in [1.165, 1.54) is 0 Å². The largest absolute Gasteiger partial charge is 0.303 e. The first-order valence-corrected chi connectivity index (χ1v) is 4.76. The number of aromatic nitrogens is 1. The van der Waals surface area contributed by atoms with Crippen molar-refractivity contribution in [2.75, 3.05) is 14.1 Å². The van der Waals surface area contributed by atoms with E-state index in [1.54, 1.807) is 6.20 Å². The molecule has 0 aromatic carbocycles. The van der Waals surface area contributed by atoms with Crippen LogP contribution in [0.25, 0.3) is 0 Å². The van der Waals surface area contributed by atoms with Gasteiger partial charge in [-0.1, -0.05) is 6.07 Å². The number of nitrogens with zero attached hydrogens (tertiary/aromatic N) is 2. The molecule has 0 fully saturated rings. The lowest BCUT2D eigenvalue weighted by atomic mass is 10.1. The Morgan fingerprint density at radius 3 is 2.79 bits per heavy atom. The predicted octanol–water partition coefficient (Wildman–Crippen LogP) is 1.66. The molecule has 0 saturated carbocycles. The Balaban J connectivity index is 2.72. The third-order valence-corrected chi connectivity index (χ3v) is 2.21. The smallest absolute Gasteiger partial charge is 0.120 e. The lowest BCUT2D eigenvalue weighted by molar-refractivity contribution is -0.108. The summed E-state index contributed by atoms with van der Waals surface area (Å²) in [4.78, 5) is 16.7. The normalized spacial score (nSPS) is 12.8. The van der Waals surface area contributed by atoms with Gasteiger partial charge in [0.25, 0.3) is 0 Å². The van der Waals surface area contributed by atoms with Crippen molar-refractivity contribution in [2.45, 2.75) is 18.9 Å². The minimum Gasteiger partial charge on any atom is -0.303 e. The van der Waals surface area contributed by atoms with Gasteiger partial charge in [-0.15, -0.1) is 0 Å². The third kappa shape index (κ3) is 2.92. The van der Waals surface area contributed by atoms with Crippen LogP contribution in [0.5, 0.6) is 0 Å². The molecular weight excluding hydrogens is 176 g/mol. The number of hydrogen-bond donors (Lipinski definition) is 0. The molecule has 1 aromatic rings. The molecule has 0 aliphatic carbocycles. The maximum atomic E-state index is 10.3. The molecule has 0 N–H and O–H groups in total. The van der Waals surface area contributed by atoms with E-state index in [-0.39, 0.29) is 6.04 Å². The van der Waals surface area contributed by atoms with Crippen LogP contribution in [-0.4, -0.2) is 30.3 Å². The summed E-state index contributed by atoms with van der Waals surface area (Å²) in [6, 6.07) is 6.10. The van der Waals surface area contributed by atoms with Crippen molar-refractivity contribution in [1.82, 2.24) is 9.88 Å². The van der Waals surface area contributed by atoms with E-state index in [4.69, 9.17) is 0 Å². The van der Waals surface area contributed by atoms with E-state index in [1.807, 2.05) is 32.3 Å². The molecule has 1 atom stereocenters. The standard InChI is InChI=1S/C11H16N2O/c1-13(2)11(7-5-9-14)10-6-3-4-8-12-10/h3-4,6,8-9,11H,5,7H2,1-2H3. The second-order valence-electron chi connectivity index (χ2n) is 3.48. The zero-order valence-corrected chi connectivity index (χ0v) is 8.68. The maximum absolute atomic E-state index is 10.3. The van der Waals surface area contributed by atoms with Gasteiger partial charge in [-0.25, -0.2) is 0 Å². The monoisotopic (exact) mass is 192 g/mol. The third-order valence-electron chi connectivity index (χ3n) is 2.21. The molecule has 76 valence electrons. The van der Waals surface area contributed by atoms with Crippen molar-refractivity contribution in [2.24, 2.45) is 0 Å². The van der Waals surface area contributed by atoms with E-state index >= 15 is 0 Å². The van der Waals surface area contributed by atoms with Crippen LogP contribution in [-0.2, 0) is 4.79 Å². The van der Waals surface area contributed by atoms with E-state index < -0.39 is 0 Å². The molecule has 1 rings (SSSR count). The first-order chi connectivity index (χ1) is 6.75. The fourth-order valence-electron chi connectivity index (χ4n) is 1.47. The topological polar surface area (TPSA) is 33.2 Å². The number of carbonyl (C=O) groups is 1. The van der Waals surface area contributed by atoms with Gasteiger partial charge in [-0.2, -0.15) is 0 Å². The average Bonchev–Trinajstić information content (AvgIpc) is 2.19. The quantitative estimate of drug-likeness (QED) is 0.665. The average molecular weight is 192 g/mol. The Labute approximate surface area is 84.8 Å². The van der Waals surface area contributed by atoms with Gasteiger partial charge in [-0.05, 0) is 32.6 Å². The molecule has 0 radical (unpaired) electrons. The maximum Gasteiger partial charge on any atom is 0.120 e. The van der Waals surface area contributed by atoms with Crippen LogP contribution >= 0.6 is 0 Å². The van der Waals surface area contributed by atoms with Crippen LogP contribution in [0.15, 0.2) is 24.4 Å². The Bertz CT molecular complexity index is 272. The molecule has 1 aromatic heterocycles. The molecule has 0 saturated heterocycles. The second-order valence-corrected chi connectivity index (χ2v) is 3.48. The minimum atomic E-state index is 0.237. The van der Waals surface area contributed by atoms with Crippen molar-refractivity contribution in [3.05, 3.63) is 30.1 Å². The molecule has 3 nitrogen and oxygen atoms in total. The summed E-state index contributed by atoms with van der Waals surface area (Å²) in [5, 5.41) is 0. The summed E-state index contributed by atoms with van der Waals surface area (Å²) < 4.78 is 0. The van der Waals surface area contributed by atoms with E-state index in [0.717, 1.165) is 18.4 Å². The van der Waals surface area contributed by atoms with E-state index in [0.29, 0.717) is 6.42 Å². The number of pyridine rings is 1. The minimum absolute atomic E-state index is 0.237. The summed E-state index contributed by atoms with van der Waals surface area (Å²) in [7, 11) is 4.01. The van der Waals surface area contributed by atoms with Crippen LogP contribution < -0.4 is 0 Å². The van der Waals surface area contributed by atoms with Gasteiger partial charge in [-0.3, -0.25) is 4.98 Å². The highest BCUT2D eigenvalue weighted by atomic mass is 16.1. The first kappa shape index (κ1) is 10.9. The molecule has 0 bridgehead atoms. The van der Waals surface area contributed by atoms with Crippen LogP contribution in [0.2, 0.25) is 0 Å². The van der Waals surface area contributed by atoms with Gasteiger partial charge in [0.2, 0.25) is 0 Å². The lowest BCUT2D eigenvalue weighted by Crippen LogP contribution is -2.20. The SMILES string of the molecule is CN(C)C(CCC=O)c1ccccn1. The van der Waals surface area contributed by atoms with Gasteiger partial charge in [0, 0.05) is 12.6 Å². The molecule has 3 heteroatoms. The van der Waals surface area contributed by atoms with Crippen molar-refractivity contribution in [3.63, 3.8) is 0 Å². The Morgan fingerprint density at radius 1 is 1.50 bits per heavy atom. The highest BCUT2D eigenvalue weighted by molar-refractivity contribution is 5.49. The molecule has 0 spiro atoms. The van der Waals surface area contributed by atoms with Crippen LogP contribution in [0.3, 0.4) is 0 Å². The van der Waals surface area contributed by atoms with Gasteiger partial charge in [0.1, 0.15) is 6.29 Å². The van der Waals surface area contributed by atoms with Gasteiger partial charge in [0.05, 0.1) is 11.7 Å². The van der Waals surface area contributed by atoms with E-state index in [9.17, 15) is 4.79 Å². The second kappa shape index (κ2) is 5.50. The zero-order valence-electron chi connectivity index (χ0n) is 8.68. The number of carbonyl (C=O) groups excluding carboxylic acids is 1. The highest BCUT2D eigenvalue weighted by Gasteiger charge is 2.13. The predicted molar refractivity (Wildman–Crippen MR) is 56.0 cm³/mol. The first-order valence-electron chi connectivity index (χ1n) is 4.76. The van der Waals surface area contributed by atoms with Crippen molar-refractivity contribution in [3.8, 4) is 0 Å².